The first-order valence-electron chi connectivity index (χ1n) is 8.26. The number of amides is 1. The van der Waals surface area contributed by atoms with Crippen LogP contribution in [0, 0.1) is 18.3 Å². The third kappa shape index (κ3) is 4.37. The quantitative estimate of drug-likeness (QED) is 0.669. The van der Waals surface area contributed by atoms with Gasteiger partial charge in [0.2, 0.25) is 0 Å². The molecule has 1 heterocycles. The van der Waals surface area contributed by atoms with Crippen LogP contribution in [0.4, 0.5) is 17.2 Å². The third-order valence-electron chi connectivity index (χ3n) is 3.89. The average Bonchev–Trinajstić information content (AvgIpc) is 2.71. The molecule has 0 unspecified atom stereocenters. The number of anilines is 3. The number of hydrogen-bond donors (Lipinski definition) is 2. The summed E-state index contributed by atoms with van der Waals surface area (Å²) in [6.45, 7) is 1.83. The van der Waals surface area contributed by atoms with Crippen LogP contribution in [0.3, 0.4) is 0 Å². The number of carbonyl (C=O) groups is 1. The minimum Gasteiger partial charge on any atom is -0.495 e. The molecule has 2 N–H and O–H groups in total. The van der Waals surface area contributed by atoms with E-state index >= 15 is 0 Å². The summed E-state index contributed by atoms with van der Waals surface area (Å²) in [5.41, 5.74) is 2.67. The molecule has 8 heteroatoms. The Morgan fingerprint density at radius 3 is 2.68 bits per heavy atom. The van der Waals surface area contributed by atoms with E-state index in [1.807, 2.05) is 6.92 Å². The Kier molecular flexibility index (Phi) is 5.72. The second kappa shape index (κ2) is 8.37. The molecule has 7 nitrogen and oxygen atoms in total. The van der Waals surface area contributed by atoms with Crippen molar-refractivity contribution in [2.24, 2.45) is 0 Å². The number of halogens is 1. The van der Waals surface area contributed by atoms with Crippen LogP contribution in [-0.2, 0) is 0 Å². The standard InChI is InChI=1S/C20H16ClN5O2/c1-12-8-17(18(28-2)10-15(12)21)24-20(27)16-6-7-19(26-25-16)23-14-5-3-4-13(9-14)11-22/h3-10H,1-2H3,(H,23,26)(H,24,27). The van der Waals surface area contributed by atoms with E-state index in [1.165, 1.54) is 7.11 Å². The van der Waals surface area contributed by atoms with Crippen molar-refractivity contribution >= 4 is 34.7 Å². The van der Waals surface area contributed by atoms with Crippen LogP contribution in [0.5, 0.6) is 5.75 Å². The van der Waals surface area contributed by atoms with Gasteiger partial charge in [-0.15, -0.1) is 10.2 Å². The van der Waals surface area contributed by atoms with Gasteiger partial charge in [-0.1, -0.05) is 17.7 Å². The molecule has 1 aromatic heterocycles. The van der Waals surface area contributed by atoms with Crippen molar-refractivity contribution in [3.8, 4) is 11.8 Å². The Morgan fingerprint density at radius 1 is 1.18 bits per heavy atom. The first-order chi connectivity index (χ1) is 13.5. The van der Waals surface area contributed by atoms with Crippen molar-refractivity contribution in [3.63, 3.8) is 0 Å². The average molecular weight is 394 g/mol. The molecule has 3 aromatic rings. The number of nitrogens with zero attached hydrogens (tertiary/aromatic N) is 3. The number of hydrogen-bond acceptors (Lipinski definition) is 6. The van der Waals surface area contributed by atoms with Gasteiger partial charge in [-0.05, 0) is 48.9 Å². The summed E-state index contributed by atoms with van der Waals surface area (Å²) >= 11 is 6.08. The van der Waals surface area contributed by atoms with Gasteiger partial charge in [0.25, 0.3) is 5.91 Å². The highest BCUT2D eigenvalue weighted by atomic mass is 35.5. The lowest BCUT2D eigenvalue weighted by Gasteiger charge is -2.12. The molecule has 2 aromatic carbocycles. The number of ether oxygens (including phenoxy) is 1. The fourth-order valence-electron chi connectivity index (χ4n) is 2.45. The van der Waals surface area contributed by atoms with Crippen molar-refractivity contribution in [2.75, 3.05) is 17.7 Å². The van der Waals surface area contributed by atoms with E-state index in [1.54, 1.807) is 48.5 Å². The number of methoxy groups -OCH3 is 1. The summed E-state index contributed by atoms with van der Waals surface area (Å²) in [6, 6.07) is 15.6. The molecule has 0 radical (unpaired) electrons. The van der Waals surface area contributed by atoms with Crippen LogP contribution in [0.25, 0.3) is 0 Å². The molecular weight excluding hydrogens is 378 g/mol. The van der Waals surface area contributed by atoms with Crippen LogP contribution >= 0.6 is 11.6 Å². The summed E-state index contributed by atoms with van der Waals surface area (Å²) in [5, 5.41) is 23.2. The van der Waals surface area contributed by atoms with Crippen LogP contribution in [0.2, 0.25) is 5.02 Å². The maximum absolute atomic E-state index is 12.5. The lowest BCUT2D eigenvalue weighted by Crippen LogP contribution is -2.15. The molecule has 0 atom stereocenters. The Bertz CT molecular complexity index is 1060. The molecule has 0 bridgehead atoms. The molecule has 0 fully saturated rings. The van der Waals surface area contributed by atoms with Gasteiger partial charge in [0.15, 0.2) is 11.5 Å². The lowest BCUT2D eigenvalue weighted by atomic mass is 10.2. The van der Waals surface area contributed by atoms with E-state index in [0.717, 1.165) is 5.56 Å². The minimum absolute atomic E-state index is 0.144. The van der Waals surface area contributed by atoms with Gasteiger partial charge >= 0.3 is 0 Å². The molecule has 28 heavy (non-hydrogen) atoms. The molecule has 1 amide bonds. The van der Waals surface area contributed by atoms with E-state index in [2.05, 4.69) is 26.9 Å². The molecule has 0 aliphatic carbocycles. The van der Waals surface area contributed by atoms with Gasteiger partial charge in [-0.3, -0.25) is 4.79 Å². The van der Waals surface area contributed by atoms with E-state index in [4.69, 9.17) is 21.6 Å². The van der Waals surface area contributed by atoms with E-state index in [0.29, 0.717) is 33.5 Å². The number of nitriles is 1. The van der Waals surface area contributed by atoms with Crippen molar-refractivity contribution in [1.29, 1.82) is 5.26 Å². The molecule has 3 rings (SSSR count). The zero-order valence-corrected chi connectivity index (χ0v) is 15.9. The third-order valence-corrected chi connectivity index (χ3v) is 4.30. The molecule has 0 aliphatic rings. The summed E-state index contributed by atoms with van der Waals surface area (Å²) < 4.78 is 5.25. The van der Waals surface area contributed by atoms with Gasteiger partial charge in [0.05, 0.1) is 24.4 Å². The topological polar surface area (TPSA) is 99.9 Å². The summed E-state index contributed by atoms with van der Waals surface area (Å²) in [4.78, 5) is 12.5. The first kappa shape index (κ1) is 19.1. The minimum atomic E-state index is -0.425. The second-order valence-electron chi connectivity index (χ2n) is 5.88. The Hall–Kier alpha value is -3.63. The molecular formula is C20H16ClN5O2. The van der Waals surface area contributed by atoms with Gasteiger partial charge in [0.1, 0.15) is 5.75 Å². The fourth-order valence-corrected chi connectivity index (χ4v) is 2.60. The van der Waals surface area contributed by atoms with Gasteiger partial charge in [-0.2, -0.15) is 5.26 Å². The normalized spacial score (nSPS) is 10.1. The predicted octanol–water partition coefficient (Wildman–Crippen LogP) is 4.31. The number of carbonyl (C=O) groups excluding carboxylic acids is 1. The van der Waals surface area contributed by atoms with Crippen molar-refractivity contribution in [2.45, 2.75) is 6.92 Å². The highest BCUT2D eigenvalue weighted by molar-refractivity contribution is 6.31. The van der Waals surface area contributed by atoms with Gasteiger partial charge < -0.3 is 15.4 Å². The van der Waals surface area contributed by atoms with E-state index in [9.17, 15) is 4.79 Å². The smallest absolute Gasteiger partial charge is 0.276 e. The number of aromatic nitrogens is 2. The molecule has 140 valence electrons. The lowest BCUT2D eigenvalue weighted by molar-refractivity contribution is 0.102. The number of benzene rings is 2. The van der Waals surface area contributed by atoms with Crippen molar-refractivity contribution in [3.05, 3.63) is 70.4 Å². The predicted molar refractivity (Wildman–Crippen MR) is 107 cm³/mol. The monoisotopic (exact) mass is 393 g/mol. The number of nitrogens with one attached hydrogen (secondary N) is 2. The second-order valence-corrected chi connectivity index (χ2v) is 6.28. The number of aryl methyl sites for hydroxylation is 1. The zero-order valence-electron chi connectivity index (χ0n) is 15.2. The zero-order chi connectivity index (χ0) is 20.1. The first-order valence-corrected chi connectivity index (χ1v) is 8.64. The largest absolute Gasteiger partial charge is 0.495 e. The Morgan fingerprint density at radius 2 is 2.00 bits per heavy atom. The van der Waals surface area contributed by atoms with Crippen LogP contribution in [-0.4, -0.2) is 23.2 Å². The summed E-state index contributed by atoms with van der Waals surface area (Å²) in [6.07, 6.45) is 0. The highest BCUT2D eigenvalue weighted by Gasteiger charge is 2.13. The van der Waals surface area contributed by atoms with Gasteiger partial charge in [0, 0.05) is 16.8 Å². The van der Waals surface area contributed by atoms with Crippen LogP contribution in [0.1, 0.15) is 21.6 Å². The summed E-state index contributed by atoms with van der Waals surface area (Å²) in [7, 11) is 1.50. The maximum atomic E-state index is 12.5. The summed E-state index contributed by atoms with van der Waals surface area (Å²) in [5.74, 6) is 0.477. The van der Waals surface area contributed by atoms with Crippen LogP contribution < -0.4 is 15.4 Å². The SMILES string of the molecule is COc1cc(Cl)c(C)cc1NC(=O)c1ccc(Nc2cccc(C#N)c2)nn1. The molecule has 0 aliphatic heterocycles. The Balaban J connectivity index is 1.74. The maximum Gasteiger partial charge on any atom is 0.276 e. The van der Waals surface area contributed by atoms with E-state index < -0.39 is 5.91 Å². The molecule has 0 spiro atoms. The molecule has 0 saturated heterocycles. The van der Waals surface area contributed by atoms with Gasteiger partial charge in [-0.25, -0.2) is 0 Å². The Labute approximate surface area is 166 Å². The van der Waals surface area contributed by atoms with Crippen molar-refractivity contribution < 1.29 is 9.53 Å². The van der Waals surface area contributed by atoms with Crippen LogP contribution in [0.15, 0.2) is 48.5 Å². The highest BCUT2D eigenvalue weighted by Crippen LogP contribution is 2.31. The number of rotatable bonds is 5. The fraction of sp³-hybridized carbons (Fsp3) is 0.100. The van der Waals surface area contributed by atoms with E-state index in [-0.39, 0.29) is 5.69 Å². The van der Waals surface area contributed by atoms with Crippen molar-refractivity contribution in [1.82, 2.24) is 10.2 Å². The molecule has 0 saturated carbocycles.